The minimum atomic E-state index is 0. The van der Waals surface area contributed by atoms with E-state index in [1.807, 2.05) is 7.05 Å². The molecule has 22 heavy (non-hydrogen) atoms. The molecule has 6 heteroatoms. The smallest absolute Gasteiger partial charge is 0.191 e. The first-order chi connectivity index (χ1) is 10.4. The number of guanidine groups is 1. The van der Waals surface area contributed by atoms with Crippen LogP contribution in [0.3, 0.4) is 0 Å². The van der Waals surface area contributed by atoms with Gasteiger partial charge in [0.15, 0.2) is 5.96 Å². The van der Waals surface area contributed by atoms with Gasteiger partial charge in [-0.1, -0.05) is 18.1 Å². The summed E-state index contributed by atoms with van der Waals surface area (Å²) < 4.78 is 5.32. The van der Waals surface area contributed by atoms with Gasteiger partial charge in [-0.05, 0) is 38.8 Å². The number of hydrogen-bond donors (Lipinski definition) is 2. The molecule has 5 nitrogen and oxygen atoms in total. The third kappa shape index (κ3) is 7.78. The molecule has 2 heterocycles. The van der Waals surface area contributed by atoms with E-state index < -0.39 is 0 Å². The van der Waals surface area contributed by atoms with Crippen molar-refractivity contribution in [3.63, 3.8) is 0 Å². The first-order valence-corrected chi connectivity index (χ1v) is 8.31. The third-order valence-electron chi connectivity index (χ3n) is 4.19. The van der Waals surface area contributed by atoms with Crippen molar-refractivity contribution in [2.75, 3.05) is 53.0 Å². The number of nitrogens with one attached hydrogen (secondary N) is 2. The summed E-state index contributed by atoms with van der Waals surface area (Å²) in [6.45, 7) is 7.18. The van der Waals surface area contributed by atoms with Crippen molar-refractivity contribution >= 4 is 29.9 Å². The molecule has 0 aliphatic carbocycles. The van der Waals surface area contributed by atoms with Crippen LogP contribution in [0.25, 0.3) is 0 Å². The van der Waals surface area contributed by atoms with Crippen LogP contribution >= 0.6 is 24.0 Å². The second kappa shape index (κ2) is 12.1. The first kappa shape index (κ1) is 19.7. The van der Waals surface area contributed by atoms with Crippen LogP contribution in [0.2, 0.25) is 0 Å². The Kier molecular flexibility index (Phi) is 10.9. The standard InChI is InChI=1S/C16H30N4O.HI/c1-17-16(18-8-5-15-6-13-21-14-7-15)19-9-12-20-10-3-2-4-11-20;/h6H,2-5,7-14H2,1H3,(H2,17,18,19);1H. The van der Waals surface area contributed by atoms with Crippen LogP contribution in [0.15, 0.2) is 16.6 Å². The van der Waals surface area contributed by atoms with Crippen LogP contribution in [-0.4, -0.2) is 63.8 Å². The van der Waals surface area contributed by atoms with Gasteiger partial charge >= 0.3 is 0 Å². The summed E-state index contributed by atoms with van der Waals surface area (Å²) in [5.41, 5.74) is 1.50. The van der Waals surface area contributed by atoms with Crippen molar-refractivity contribution in [1.82, 2.24) is 15.5 Å². The maximum Gasteiger partial charge on any atom is 0.191 e. The molecular formula is C16H31IN4O. The van der Waals surface area contributed by atoms with Crippen molar-refractivity contribution in [3.05, 3.63) is 11.6 Å². The molecule has 0 aromatic rings. The highest BCUT2D eigenvalue weighted by molar-refractivity contribution is 14.0. The van der Waals surface area contributed by atoms with Gasteiger partial charge in [-0.3, -0.25) is 4.99 Å². The number of aliphatic imine (C=N–C) groups is 1. The summed E-state index contributed by atoms with van der Waals surface area (Å²) in [5, 5.41) is 6.80. The number of ether oxygens (including phenoxy) is 1. The molecule has 0 radical (unpaired) electrons. The first-order valence-electron chi connectivity index (χ1n) is 8.31. The van der Waals surface area contributed by atoms with Gasteiger partial charge in [-0.2, -0.15) is 0 Å². The molecule has 128 valence electrons. The maximum absolute atomic E-state index is 5.32. The molecule has 0 spiro atoms. The number of halogens is 1. The highest BCUT2D eigenvalue weighted by atomic mass is 127. The van der Waals surface area contributed by atoms with Gasteiger partial charge in [0.05, 0.1) is 13.2 Å². The predicted molar refractivity (Wildman–Crippen MR) is 103 cm³/mol. The highest BCUT2D eigenvalue weighted by Crippen LogP contribution is 2.10. The molecule has 0 atom stereocenters. The number of rotatable bonds is 6. The molecule has 1 saturated heterocycles. The average molecular weight is 422 g/mol. The Morgan fingerprint density at radius 2 is 2.00 bits per heavy atom. The topological polar surface area (TPSA) is 48.9 Å². The van der Waals surface area contributed by atoms with Gasteiger partial charge in [0.2, 0.25) is 0 Å². The molecule has 2 aliphatic rings. The Balaban J connectivity index is 0.00000242. The van der Waals surface area contributed by atoms with Gasteiger partial charge < -0.3 is 20.3 Å². The van der Waals surface area contributed by atoms with E-state index in [0.29, 0.717) is 0 Å². The summed E-state index contributed by atoms with van der Waals surface area (Å²) in [6, 6.07) is 0. The Labute approximate surface area is 152 Å². The average Bonchev–Trinajstić information content (AvgIpc) is 2.55. The van der Waals surface area contributed by atoms with Gasteiger partial charge in [-0.25, -0.2) is 0 Å². The summed E-state index contributed by atoms with van der Waals surface area (Å²) in [4.78, 5) is 6.82. The van der Waals surface area contributed by atoms with Crippen molar-refractivity contribution in [2.45, 2.75) is 32.1 Å². The van der Waals surface area contributed by atoms with Crippen LogP contribution in [0, 0.1) is 0 Å². The lowest BCUT2D eigenvalue weighted by Crippen LogP contribution is -2.43. The fourth-order valence-corrected chi connectivity index (χ4v) is 2.87. The van der Waals surface area contributed by atoms with E-state index in [1.54, 1.807) is 0 Å². The van der Waals surface area contributed by atoms with Crippen molar-refractivity contribution in [3.8, 4) is 0 Å². The molecule has 2 N–H and O–H groups in total. The summed E-state index contributed by atoms with van der Waals surface area (Å²) in [5.74, 6) is 0.916. The normalized spacial score (nSPS) is 20.0. The summed E-state index contributed by atoms with van der Waals surface area (Å²) in [6.07, 6.45) is 8.46. The van der Waals surface area contributed by atoms with E-state index in [-0.39, 0.29) is 24.0 Å². The van der Waals surface area contributed by atoms with E-state index >= 15 is 0 Å². The molecule has 0 saturated carbocycles. The number of likely N-dealkylation sites (tertiary alicyclic amines) is 1. The quantitative estimate of drug-likeness (QED) is 0.298. The van der Waals surface area contributed by atoms with Crippen molar-refractivity contribution in [2.24, 2.45) is 4.99 Å². The zero-order valence-corrected chi connectivity index (χ0v) is 16.1. The lowest BCUT2D eigenvalue weighted by molar-refractivity contribution is 0.153. The largest absolute Gasteiger partial charge is 0.377 e. The zero-order chi connectivity index (χ0) is 14.8. The summed E-state index contributed by atoms with van der Waals surface area (Å²) in [7, 11) is 1.84. The van der Waals surface area contributed by atoms with Gasteiger partial charge in [-0.15, -0.1) is 24.0 Å². The van der Waals surface area contributed by atoms with Crippen LogP contribution in [0.5, 0.6) is 0 Å². The number of piperidine rings is 1. The molecule has 0 aromatic heterocycles. The van der Waals surface area contributed by atoms with E-state index in [0.717, 1.165) is 51.6 Å². The minimum absolute atomic E-state index is 0. The van der Waals surface area contributed by atoms with Crippen molar-refractivity contribution < 1.29 is 4.74 Å². The maximum atomic E-state index is 5.32. The van der Waals surface area contributed by atoms with E-state index in [1.165, 1.54) is 37.9 Å². The molecular weight excluding hydrogens is 391 g/mol. The van der Waals surface area contributed by atoms with Crippen LogP contribution in [0.4, 0.5) is 0 Å². The van der Waals surface area contributed by atoms with Gasteiger partial charge in [0.1, 0.15) is 0 Å². The monoisotopic (exact) mass is 422 g/mol. The number of hydrogen-bond acceptors (Lipinski definition) is 3. The molecule has 0 amide bonds. The fraction of sp³-hybridized carbons (Fsp3) is 0.812. The van der Waals surface area contributed by atoms with E-state index in [9.17, 15) is 0 Å². The third-order valence-corrected chi connectivity index (χ3v) is 4.19. The van der Waals surface area contributed by atoms with Crippen LogP contribution in [0.1, 0.15) is 32.1 Å². The fourth-order valence-electron chi connectivity index (χ4n) is 2.87. The van der Waals surface area contributed by atoms with E-state index in [4.69, 9.17) is 4.74 Å². The highest BCUT2D eigenvalue weighted by Gasteiger charge is 2.09. The lowest BCUT2D eigenvalue weighted by Gasteiger charge is -2.26. The second-order valence-electron chi connectivity index (χ2n) is 5.77. The lowest BCUT2D eigenvalue weighted by atomic mass is 10.1. The Morgan fingerprint density at radius 1 is 1.23 bits per heavy atom. The summed E-state index contributed by atoms with van der Waals surface area (Å²) >= 11 is 0. The molecule has 2 rings (SSSR count). The second-order valence-corrected chi connectivity index (χ2v) is 5.77. The SMILES string of the molecule is CN=C(NCCC1=CCOCC1)NCCN1CCCCC1.I. The number of nitrogens with zero attached hydrogens (tertiary/aromatic N) is 2. The minimum Gasteiger partial charge on any atom is -0.377 e. The molecule has 0 unspecified atom stereocenters. The van der Waals surface area contributed by atoms with Gasteiger partial charge in [0, 0.05) is 26.7 Å². The Bertz CT molecular complexity index is 354. The Morgan fingerprint density at radius 3 is 2.68 bits per heavy atom. The predicted octanol–water partition coefficient (Wildman–Crippen LogP) is 1.99. The molecule has 1 fully saturated rings. The Hall–Kier alpha value is -0.340. The molecule has 0 bridgehead atoms. The van der Waals surface area contributed by atoms with Crippen LogP contribution < -0.4 is 10.6 Å². The zero-order valence-electron chi connectivity index (χ0n) is 13.8. The molecule has 0 aromatic carbocycles. The van der Waals surface area contributed by atoms with Crippen molar-refractivity contribution in [1.29, 1.82) is 0 Å². The van der Waals surface area contributed by atoms with Crippen LogP contribution in [-0.2, 0) is 4.74 Å². The van der Waals surface area contributed by atoms with E-state index in [2.05, 4.69) is 26.6 Å². The molecule has 2 aliphatic heterocycles. The van der Waals surface area contributed by atoms with Gasteiger partial charge in [0.25, 0.3) is 0 Å².